The molecule has 1 atom stereocenters. The van der Waals surface area contributed by atoms with Crippen molar-refractivity contribution >= 4 is 35.1 Å². The van der Waals surface area contributed by atoms with Crippen LogP contribution in [0.25, 0.3) is 0 Å². The minimum Gasteiger partial charge on any atom is -0.486 e. The van der Waals surface area contributed by atoms with Gasteiger partial charge in [0.25, 0.3) is 0 Å². The summed E-state index contributed by atoms with van der Waals surface area (Å²) in [6.45, 7) is 1.43. The Morgan fingerprint density at radius 2 is 1.93 bits per heavy atom. The minimum absolute atomic E-state index is 0.0357. The lowest BCUT2D eigenvalue weighted by Gasteiger charge is -2.22. The molecule has 2 aromatic carbocycles. The number of ether oxygens (including phenoxy) is 2. The molecule has 146 valence electrons. The van der Waals surface area contributed by atoms with E-state index in [-0.39, 0.29) is 24.4 Å². The first kappa shape index (κ1) is 18.5. The molecule has 28 heavy (non-hydrogen) atoms. The summed E-state index contributed by atoms with van der Waals surface area (Å²) < 4.78 is 11.1. The number of anilines is 2. The molecule has 2 heterocycles. The highest BCUT2D eigenvalue weighted by atomic mass is 32.2. The molecule has 2 aromatic rings. The summed E-state index contributed by atoms with van der Waals surface area (Å²) in [5, 5.41) is 5.75. The summed E-state index contributed by atoms with van der Waals surface area (Å²) in [5.74, 6) is 1.29. The SMILES string of the molecule is CSc1ccccc1NC(=O)NC1CC(=O)N(c2ccc3c(c2)OCCO3)C1. The second-order valence-electron chi connectivity index (χ2n) is 6.53. The van der Waals surface area contributed by atoms with Gasteiger partial charge in [0.05, 0.1) is 11.7 Å². The molecular weight excluding hydrogens is 378 g/mol. The van der Waals surface area contributed by atoms with Crippen molar-refractivity contribution in [2.75, 3.05) is 36.2 Å². The predicted molar refractivity (Wildman–Crippen MR) is 109 cm³/mol. The molecule has 2 N–H and O–H groups in total. The molecule has 8 heteroatoms. The van der Waals surface area contributed by atoms with Crippen LogP contribution in [0.1, 0.15) is 6.42 Å². The average Bonchev–Trinajstić information content (AvgIpc) is 3.07. The monoisotopic (exact) mass is 399 g/mol. The fraction of sp³-hybridized carbons (Fsp3) is 0.300. The molecule has 0 bridgehead atoms. The van der Waals surface area contributed by atoms with Crippen molar-refractivity contribution in [2.24, 2.45) is 0 Å². The maximum Gasteiger partial charge on any atom is 0.319 e. The first-order chi connectivity index (χ1) is 13.6. The standard InChI is InChI=1S/C20H21N3O4S/c1-28-18-5-3-2-4-15(18)22-20(25)21-13-10-19(24)23(12-13)14-6-7-16-17(11-14)27-9-8-26-16/h2-7,11,13H,8-10,12H2,1H3,(H2,21,22,25). The summed E-state index contributed by atoms with van der Waals surface area (Å²) in [6, 6.07) is 12.5. The van der Waals surface area contributed by atoms with E-state index in [1.807, 2.05) is 48.7 Å². The zero-order valence-electron chi connectivity index (χ0n) is 15.4. The van der Waals surface area contributed by atoms with Crippen LogP contribution in [0.2, 0.25) is 0 Å². The maximum atomic E-state index is 12.5. The molecule has 3 amide bonds. The Morgan fingerprint density at radius 1 is 1.14 bits per heavy atom. The number of rotatable bonds is 4. The van der Waals surface area contributed by atoms with Crippen LogP contribution in [0.3, 0.4) is 0 Å². The van der Waals surface area contributed by atoms with Crippen LogP contribution in [-0.4, -0.2) is 44.0 Å². The van der Waals surface area contributed by atoms with Gasteiger partial charge >= 0.3 is 6.03 Å². The number of thioether (sulfide) groups is 1. The average molecular weight is 399 g/mol. The Morgan fingerprint density at radius 3 is 2.75 bits per heavy atom. The minimum atomic E-state index is -0.316. The van der Waals surface area contributed by atoms with Gasteiger partial charge in [-0.25, -0.2) is 4.79 Å². The second-order valence-corrected chi connectivity index (χ2v) is 7.38. The van der Waals surface area contributed by atoms with Gasteiger partial charge < -0.3 is 25.0 Å². The Balaban J connectivity index is 1.40. The van der Waals surface area contributed by atoms with Gasteiger partial charge in [0.15, 0.2) is 11.5 Å². The van der Waals surface area contributed by atoms with Crippen LogP contribution in [0, 0.1) is 0 Å². The number of para-hydroxylation sites is 1. The van der Waals surface area contributed by atoms with Crippen LogP contribution >= 0.6 is 11.8 Å². The highest BCUT2D eigenvalue weighted by Crippen LogP contribution is 2.35. The lowest BCUT2D eigenvalue weighted by Crippen LogP contribution is -2.39. The Hall–Kier alpha value is -2.87. The third-order valence-electron chi connectivity index (χ3n) is 4.65. The highest BCUT2D eigenvalue weighted by Gasteiger charge is 2.32. The van der Waals surface area contributed by atoms with Gasteiger partial charge in [-0.1, -0.05) is 12.1 Å². The molecule has 2 aliphatic heterocycles. The lowest BCUT2D eigenvalue weighted by atomic mass is 10.2. The summed E-state index contributed by atoms with van der Waals surface area (Å²) >= 11 is 1.56. The third-order valence-corrected chi connectivity index (χ3v) is 5.45. The first-order valence-corrected chi connectivity index (χ1v) is 10.3. The number of benzene rings is 2. The quantitative estimate of drug-likeness (QED) is 0.773. The molecule has 1 fully saturated rings. The molecule has 0 saturated carbocycles. The number of carbonyl (C=O) groups is 2. The molecule has 1 saturated heterocycles. The van der Waals surface area contributed by atoms with Crippen LogP contribution in [0.5, 0.6) is 11.5 Å². The van der Waals surface area contributed by atoms with Crippen molar-refractivity contribution < 1.29 is 19.1 Å². The van der Waals surface area contributed by atoms with Crippen LogP contribution in [0.15, 0.2) is 47.4 Å². The number of nitrogens with zero attached hydrogens (tertiary/aromatic N) is 1. The van der Waals surface area contributed by atoms with Crippen molar-refractivity contribution in [3.8, 4) is 11.5 Å². The second kappa shape index (κ2) is 8.02. The normalized spacial score (nSPS) is 18.1. The molecule has 7 nitrogen and oxygen atoms in total. The zero-order valence-corrected chi connectivity index (χ0v) is 16.3. The fourth-order valence-electron chi connectivity index (χ4n) is 3.35. The number of fused-ring (bicyclic) bond motifs is 1. The number of carbonyl (C=O) groups excluding carboxylic acids is 2. The van der Waals surface area contributed by atoms with Crippen molar-refractivity contribution in [2.45, 2.75) is 17.4 Å². The summed E-state index contributed by atoms with van der Waals surface area (Å²) in [5.41, 5.74) is 1.49. The number of amides is 3. The van der Waals surface area contributed by atoms with E-state index in [9.17, 15) is 9.59 Å². The summed E-state index contributed by atoms with van der Waals surface area (Å²) in [7, 11) is 0. The van der Waals surface area contributed by atoms with Gasteiger partial charge in [-0.3, -0.25) is 4.79 Å². The van der Waals surface area contributed by atoms with Crippen molar-refractivity contribution in [3.05, 3.63) is 42.5 Å². The molecule has 0 spiro atoms. The van der Waals surface area contributed by atoms with E-state index in [0.29, 0.717) is 31.3 Å². The van der Waals surface area contributed by atoms with Crippen LogP contribution < -0.4 is 25.0 Å². The Bertz CT molecular complexity index is 905. The third kappa shape index (κ3) is 3.87. The van der Waals surface area contributed by atoms with Crippen LogP contribution in [0.4, 0.5) is 16.2 Å². The fourth-order valence-corrected chi connectivity index (χ4v) is 3.90. The topological polar surface area (TPSA) is 79.9 Å². The summed E-state index contributed by atoms with van der Waals surface area (Å²) in [4.78, 5) is 27.5. The molecule has 2 aliphatic rings. The highest BCUT2D eigenvalue weighted by molar-refractivity contribution is 7.98. The molecule has 0 aromatic heterocycles. The Kier molecular flexibility index (Phi) is 5.29. The van der Waals surface area contributed by atoms with Gasteiger partial charge in [-0.05, 0) is 30.5 Å². The molecular formula is C20H21N3O4S. The number of nitrogens with one attached hydrogen (secondary N) is 2. The molecule has 1 unspecified atom stereocenters. The molecule has 0 radical (unpaired) electrons. The smallest absolute Gasteiger partial charge is 0.319 e. The Labute approximate surface area is 167 Å². The zero-order chi connectivity index (χ0) is 19.5. The molecule has 4 rings (SSSR count). The van der Waals surface area contributed by atoms with E-state index in [0.717, 1.165) is 16.3 Å². The lowest BCUT2D eigenvalue weighted by molar-refractivity contribution is -0.117. The van der Waals surface area contributed by atoms with Crippen LogP contribution in [-0.2, 0) is 4.79 Å². The predicted octanol–water partition coefficient (Wildman–Crippen LogP) is 3.11. The maximum absolute atomic E-state index is 12.5. The van der Waals surface area contributed by atoms with E-state index in [4.69, 9.17) is 9.47 Å². The van der Waals surface area contributed by atoms with Crippen molar-refractivity contribution in [3.63, 3.8) is 0 Å². The number of hydrogen-bond donors (Lipinski definition) is 2. The van der Waals surface area contributed by atoms with Crippen molar-refractivity contribution in [1.82, 2.24) is 5.32 Å². The first-order valence-electron chi connectivity index (χ1n) is 9.04. The van der Waals surface area contributed by atoms with Gasteiger partial charge in [0, 0.05) is 29.6 Å². The van der Waals surface area contributed by atoms with E-state index in [1.165, 1.54) is 0 Å². The van der Waals surface area contributed by atoms with Gasteiger partial charge in [-0.2, -0.15) is 0 Å². The molecule has 0 aliphatic carbocycles. The van der Waals surface area contributed by atoms with Gasteiger partial charge in [-0.15, -0.1) is 11.8 Å². The van der Waals surface area contributed by atoms with E-state index in [2.05, 4.69) is 10.6 Å². The van der Waals surface area contributed by atoms with E-state index >= 15 is 0 Å². The van der Waals surface area contributed by atoms with Crippen molar-refractivity contribution in [1.29, 1.82) is 0 Å². The van der Waals surface area contributed by atoms with E-state index in [1.54, 1.807) is 16.7 Å². The number of urea groups is 1. The van der Waals surface area contributed by atoms with E-state index < -0.39 is 0 Å². The van der Waals surface area contributed by atoms with Gasteiger partial charge in [0.2, 0.25) is 5.91 Å². The van der Waals surface area contributed by atoms with Gasteiger partial charge in [0.1, 0.15) is 13.2 Å². The summed E-state index contributed by atoms with van der Waals surface area (Å²) in [6.07, 6.45) is 2.21. The largest absolute Gasteiger partial charge is 0.486 e. The number of hydrogen-bond acceptors (Lipinski definition) is 5.